The van der Waals surface area contributed by atoms with E-state index < -0.39 is 0 Å². The summed E-state index contributed by atoms with van der Waals surface area (Å²) in [5.41, 5.74) is 6.70. The molecule has 0 spiro atoms. The van der Waals surface area contributed by atoms with Crippen LogP contribution in [0.5, 0.6) is 11.5 Å². The Labute approximate surface area is 158 Å². The SMILES string of the molecule is Cc1nc(N)nc(NC(C)COCc2ccc(Oc3ccccc3)cc2)n1. The van der Waals surface area contributed by atoms with Crippen molar-refractivity contribution < 1.29 is 9.47 Å². The van der Waals surface area contributed by atoms with Crippen LogP contribution in [0.1, 0.15) is 18.3 Å². The monoisotopic (exact) mass is 365 g/mol. The van der Waals surface area contributed by atoms with Gasteiger partial charge < -0.3 is 20.5 Å². The Morgan fingerprint density at radius 2 is 1.67 bits per heavy atom. The van der Waals surface area contributed by atoms with Gasteiger partial charge in [0.2, 0.25) is 11.9 Å². The fourth-order valence-electron chi connectivity index (χ4n) is 2.46. The molecule has 3 rings (SSSR count). The maximum Gasteiger partial charge on any atom is 0.228 e. The van der Waals surface area contributed by atoms with E-state index in [1.807, 2.05) is 61.5 Å². The summed E-state index contributed by atoms with van der Waals surface area (Å²) >= 11 is 0. The van der Waals surface area contributed by atoms with Crippen molar-refractivity contribution in [3.63, 3.8) is 0 Å². The van der Waals surface area contributed by atoms with Crippen LogP contribution in [-0.4, -0.2) is 27.6 Å². The molecule has 0 fully saturated rings. The summed E-state index contributed by atoms with van der Waals surface area (Å²) in [4.78, 5) is 12.2. The summed E-state index contributed by atoms with van der Waals surface area (Å²) in [7, 11) is 0. The Bertz CT molecular complexity index is 836. The number of aryl methyl sites for hydroxylation is 1. The van der Waals surface area contributed by atoms with Crippen molar-refractivity contribution in [2.45, 2.75) is 26.5 Å². The number of nitrogens with one attached hydrogen (secondary N) is 1. The third-order valence-electron chi connectivity index (χ3n) is 3.68. The van der Waals surface area contributed by atoms with Crippen molar-refractivity contribution in [3.05, 3.63) is 66.0 Å². The summed E-state index contributed by atoms with van der Waals surface area (Å²) < 4.78 is 11.5. The number of benzene rings is 2. The highest BCUT2D eigenvalue weighted by Crippen LogP contribution is 2.21. The van der Waals surface area contributed by atoms with Crippen molar-refractivity contribution >= 4 is 11.9 Å². The van der Waals surface area contributed by atoms with Crippen molar-refractivity contribution in [3.8, 4) is 11.5 Å². The minimum absolute atomic E-state index is 0.0342. The van der Waals surface area contributed by atoms with Gasteiger partial charge in [-0.1, -0.05) is 30.3 Å². The molecule has 1 aromatic heterocycles. The van der Waals surface area contributed by atoms with E-state index in [0.29, 0.717) is 25.0 Å². The third kappa shape index (κ3) is 5.93. The number of nitrogens with zero attached hydrogens (tertiary/aromatic N) is 3. The molecule has 0 saturated carbocycles. The van der Waals surface area contributed by atoms with Gasteiger partial charge in [-0.3, -0.25) is 0 Å². The summed E-state index contributed by atoms with van der Waals surface area (Å²) in [5.74, 6) is 2.85. The fraction of sp³-hybridized carbons (Fsp3) is 0.250. The van der Waals surface area contributed by atoms with Crippen LogP contribution >= 0.6 is 0 Å². The average Bonchev–Trinajstić information content (AvgIpc) is 2.63. The summed E-state index contributed by atoms with van der Waals surface area (Å²) in [6.45, 7) is 4.78. The quantitative estimate of drug-likeness (QED) is 0.630. The van der Waals surface area contributed by atoms with Crippen LogP contribution in [0.2, 0.25) is 0 Å². The second-order valence-electron chi connectivity index (χ2n) is 6.18. The van der Waals surface area contributed by atoms with E-state index in [4.69, 9.17) is 15.2 Å². The predicted molar refractivity (Wildman–Crippen MR) is 105 cm³/mol. The Kier molecular flexibility index (Phi) is 6.17. The second kappa shape index (κ2) is 8.95. The van der Waals surface area contributed by atoms with Crippen LogP contribution in [0.4, 0.5) is 11.9 Å². The number of hydrogen-bond acceptors (Lipinski definition) is 7. The number of para-hydroxylation sites is 1. The third-order valence-corrected chi connectivity index (χ3v) is 3.68. The molecule has 1 unspecified atom stereocenters. The van der Waals surface area contributed by atoms with Crippen LogP contribution in [-0.2, 0) is 11.3 Å². The van der Waals surface area contributed by atoms with Crippen LogP contribution in [0.3, 0.4) is 0 Å². The topological polar surface area (TPSA) is 95.2 Å². The standard InChI is InChI=1S/C20H23N5O2/c1-14(22-20-24-15(2)23-19(21)25-20)12-26-13-16-8-10-18(11-9-16)27-17-6-4-3-5-7-17/h3-11,14H,12-13H2,1-2H3,(H3,21,22,23,24,25). The maximum absolute atomic E-state index is 5.78. The van der Waals surface area contributed by atoms with Crippen LogP contribution in [0.25, 0.3) is 0 Å². The van der Waals surface area contributed by atoms with Gasteiger partial charge in [-0.05, 0) is 43.7 Å². The lowest BCUT2D eigenvalue weighted by Gasteiger charge is -2.14. The lowest BCUT2D eigenvalue weighted by molar-refractivity contribution is 0.115. The first kappa shape index (κ1) is 18.6. The molecular weight excluding hydrogens is 342 g/mol. The first-order chi connectivity index (χ1) is 13.1. The smallest absolute Gasteiger partial charge is 0.228 e. The highest BCUT2D eigenvalue weighted by molar-refractivity contribution is 5.33. The van der Waals surface area contributed by atoms with Crippen molar-refractivity contribution in [2.24, 2.45) is 0 Å². The van der Waals surface area contributed by atoms with E-state index in [9.17, 15) is 0 Å². The largest absolute Gasteiger partial charge is 0.457 e. The van der Waals surface area contributed by atoms with Gasteiger partial charge in [-0.15, -0.1) is 0 Å². The van der Waals surface area contributed by atoms with Gasteiger partial charge in [0.15, 0.2) is 0 Å². The number of ether oxygens (including phenoxy) is 2. The van der Waals surface area contributed by atoms with Gasteiger partial charge in [-0.25, -0.2) is 0 Å². The van der Waals surface area contributed by atoms with E-state index in [1.165, 1.54) is 0 Å². The molecule has 0 saturated heterocycles. The van der Waals surface area contributed by atoms with E-state index in [0.717, 1.165) is 17.1 Å². The number of nitrogens with two attached hydrogens (primary N) is 1. The number of rotatable bonds is 8. The van der Waals surface area contributed by atoms with E-state index in [2.05, 4.69) is 20.3 Å². The van der Waals surface area contributed by atoms with Gasteiger partial charge in [0.05, 0.1) is 13.2 Å². The molecule has 0 radical (unpaired) electrons. The molecule has 2 aromatic carbocycles. The summed E-state index contributed by atoms with van der Waals surface area (Å²) in [6.07, 6.45) is 0. The first-order valence-electron chi connectivity index (χ1n) is 8.73. The zero-order chi connectivity index (χ0) is 19.1. The molecule has 0 amide bonds. The summed E-state index contributed by atoms with van der Waals surface area (Å²) in [5, 5.41) is 3.16. The molecule has 0 aliphatic heterocycles. The van der Waals surface area contributed by atoms with Crippen molar-refractivity contribution in [1.82, 2.24) is 15.0 Å². The van der Waals surface area contributed by atoms with E-state index >= 15 is 0 Å². The van der Waals surface area contributed by atoms with Gasteiger partial charge in [-0.2, -0.15) is 15.0 Å². The van der Waals surface area contributed by atoms with E-state index in [1.54, 1.807) is 6.92 Å². The highest BCUT2D eigenvalue weighted by atomic mass is 16.5. The zero-order valence-corrected chi connectivity index (χ0v) is 15.4. The molecule has 3 aromatic rings. The predicted octanol–water partition coefficient (Wildman–Crippen LogP) is 3.57. The molecule has 1 atom stereocenters. The summed E-state index contributed by atoms with van der Waals surface area (Å²) in [6, 6.07) is 17.6. The normalized spacial score (nSPS) is 11.8. The minimum atomic E-state index is 0.0342. The number of anilines is 2. The van der Waals surface area contributed by atoms with Gasteiger partial charge >= 0.3 is 0 Å². The molecule has 27 heavy (non-hydrogen) atoms. The molecule has 0 aliphatic rings. The molecule has 7 heteroatoms. The molecular formula is C20H23N5O2. The second-order valence-corrected chi connectivity index (χ2v) is 6.18. The lowest BCUT2D eigenvalue weighted by atomic mass is 10.2. The van der Waals surface area contributed by atoms with Crippen molar-refractivity contribution in [2.75, 3.05) is 17.7 Å². The molecule has 0 bridgehead atoms. The molecule has 1 heterocycles. The zero-order valence-electron chi connectivity index (χ0n) is 15.4. The lowest BCUT2D eigenvalue weighted by Crippen LogP contribution is -2.23. The van der Waals surface area contributed by atoms with Crippen molar-refractivity contribution in [1.29, 1.82) is 0 Å². The Balaban J connectivity index is 1.44. The van der Waals surface area contributed by atoms with Gasteiger partial charge in [0.1, 0.15) is 17.3 Å². The van der Waals surface area contributed by atoms with Gasteiger partial charge in [0.25, 0.3) is 0 Å². The highest BCUT2D eigenvalue weighted by Gasteiger charge is 2.07. The molecule has 7 nitrogen and oxygen atoms in total. The minimum Gasteiger partial charge on any atom is -0.457 e. The number of nitrogen functional groups attached to an aromatic ring is 1. The average molecular weight is 365 g/mol. The Hall–Kier alpha value is -3.19. The first-order valence-corrected chi connectivity index (χ1v) is 8.73. The molecule has 140 valence electrons. The Morgan fingerprint density at radius 3 is 2.37 bits per heavy atom. The van der Waals surface area contributed by atoms with Crippen LogP contribution < -0.4 is 15.8 Å². The van der Waals surface area contributed by atoms with E-state index in [-0.39, 0.29) is 12.0 Å². The number of aromatic nitrogens is 3. The van der Waals surface area contributed by atoms with Crippen LogP contribution in [0, 0.1) is 6.92 Å². The molecule has 3 N–H and O–H groups in total. The Morgan fingerprint density at radius 1 is 0.963 bits per heavy atom. The maximum atomic E-state index is 5.78. The van der Waals surface area contributed by atoms with Crippen LogP contribution in [0.15, 0.2) is 54.6 Å². The fourth-order valence-corrected chi connectivity index (χ4v) is 2.46. The molecule has 0 aliphatic carbocycles. The number of hydrogen-bond donors (Lipinski definition) is 2. The van der Waals surface area contributed by atoms with Gasteiger partial charge in [0, 0.05) is 6.04 Å².